The summed E-state index contributed by atoms with van der Waals surface area (Å²) in [6.07, 6.45) is 11.5. The molecule has 29 heteroatoms. The van der Waals surface area contributed by atoms with Crippen LogP contribution in [0.1, 0.15) is 55.4 Å². The first-order valence-corrected chi connectivity index (χ1v) is 39.0. The number of aliphatic carboxylic acids is 1. The second kappa shape index (κ2) is 63.4. The average molecular weight is 1690 g/mol. The first-order valence-electron chi connectivity index (χ1n) is 29.3. The van der Waals surface area contributed by atoms with E-state index >= 15 is 0 Å². The number of halogens is 3. The zero-order valence-electron chi connectivity index (χ0n) is 59.6. The maximum atomic E-state index is 12.0. The van der Waals surface area contributed by atoms with Crippen LogP contribution in [-0.2, 0) is 62.9 Å². The molecule has 0 saturated heterocycles. The third-order valence-corrected chi connectivity index (χ3v) is 22.0. The maximum Gasteiger partial charge on any atom is 1.00 e. The molecule has 4 N–H and O–H groups in total. The number of methoxy groups -OCH3 is 5. The summed E-state index contributed by atoms with van der Waals surface area (Å²) in [5, 5.41) is 17.0. The third-order valence-electron chi connectivity index (χ3n) is 12.9. The molecule has 18 nitrogen and oxygen atoms in total. The minimum Gasteiger partial charge on any atom is -1.00 e. The van der Waals surface area contributed by atoms with Crippen molar-refractivity contribution in [1.82, 2.24) is 0 Å². The number of alkyl halides is 2. The van der Waals surface area contributed by atoms with E-state index in [2.05, 4.69) is 231 Å². The summed E-state index contributed by atoms with van der Waals surface area (Å²) in [4.78, 5) is 65.5. The van der Waals surface area contributed by atoms with E-state index in [1.807, 2.05) is 55.5 Å². The molecule has 539 valence electrons. The van der Waals surface area contributed by atoms with Crippen LogP contribution >= 0.6 is 76.6 Å². The number of carboxylic acid groups (broad SMARTS) is 1. The number of nitrogens with zero attached hydrogens (tertiary/aromatic N) is 1. The molecule has 0 amide bonds. The molecule has 0 heterocycles. The monoisotopic (exact) mass is 1690 g/mol. The van der Waals surface area contributed by atoms with Crippen molar-refractivity contribution >= 4 is 168 Å². The molecular weight excluding hydrogens is 1600 g/mol. The van der Waals surface area contributed by atoms with E-state index in [0.29, 0.717) is 44.1 Å². The predicted octanol–water partition coefficient (Wildman–Crippen LogP) is 7.18. The van der Waals surface area contributed by atoms with Crippen molar-refractivity contribution in [1.29, 1.82) is 1.28 Å². The molecule has 6 rings (SSSR count). The normalized spacial score (nSPS) is 11.1. The van der Waals surface area contributed by atoms with Gasteiger partial charge in [0.15, 0.2) is 0 Å². The summed E-state index contributed by atoms with van der Waals surface area (Å²) in [6, 6.07) is 63.4. The maximum absolute atomic E-state index is 12.0. The van der Waals surface area contributed by atoms with Crippen molar-refractivity contribution in [3.05, 3.63) is 252 Å². The summed E-state index contributed by atoms with van der Waals surface area (Å²) in [5.41, 5.74) is 3.55. The van der Waals surface area contributed by atoms with Crippen molar-refractivity contribution in [2.75, 3.05) is 52.4 Å². The second-order valence-corrected chi connectivity index (χ2v) is 28.0. The summed E-state index contributed by atoms with van der Waals surface area (Å²) in [5.74, 6) is -0.0150. The van der Waals surface area contributed by atoms with Crippen molar-refractivity contribution in [3.63, 3.8) is 0 Å². The summed E-state index contributed by atoms with van der Waals surface area (Å²) in [7, 11) is 7.19. The van der Waals surface area contributed by atoms with Gasteiger partial charge in [-0.2, -0.15) is 8.42 Å². The van der Waals surface area contributed by atoms with Crippen LogP contribution in [0.4, 0.5) is 0 Å². The van der Waals surface area contributed by atoms with Crippen molar-refractivity contribution < 1.29 is 127 Å². The molecule has 0 fully saturated rings. The topological polar surface area (TPSA) is 286 Å². The van der Waals surface area contributed by atoms with Crippen LogP contribution in [-0.4, -0.2) is 131 Å². The van der Waals surface area contributed by atoms with Gasteiger partial charge < -0.3 is 51.2 Å². The number of carbonyl (C=O) groups excluding carboxylic acids is 5. The molecule has 2 unspecified atom stereocenters. The quantitative estimate of drug-likeness (QED) is 0.0103. The smallest absolute Gasteiger partial charge is 1.00 e. The van der Waals surface area contributed by atoms with Crippen LogP contribution in [0.25, 0.3) is 0 Å². The van der Waals surface area contributed by atoms with Crippen LogP contribution in [0.2, 0.25) is 0 Å². The van der Waals surface area contributed by atoms with Gasteiger partial charge >= 0.3 is 101 Å². The predicted molar refractivity (Wildman–Crippen MR) is 423 cm³/mol. The fourth-order valence-corrected chi connectivity index (χ4v) is 16.6. The number of esters is 5. The van der Waals surface area contributed by atoms with Gasteiger partial charge in [0.25, 0.3) is 0 Å². The van der Waals surface area contributed by atoms with Gasteiger partial charge in [0, 0.05) is 44.1 Å². The molecular formula is C71H91BBr3NNaO17P4S2. The number of hydrogen-bond donors (Lipinski definition) is 4. The second-order valence-electron chi connectivity index (χ2n) is 18.9. The molecule has 0 aliphatic heterocycles. The van der Waals surface area contributed by atoms with Crippen LogP contribution in [0.5, 0.6) is 0 Å². The number of rotatable bonds is 17. The van der Waals surface area contributed by atoms with Gasteiger partial charge in [0.2, 0.25) is 0 Å². The number of ether oxygens (including phenoxy) is 5. The Bertz CT molecular complexity index is 3500. The van der Waals surface area contributed by atoms with E-state index in [9.17, 15) is 28.8 Å². The van der Waals surface area contributed by atoms with E-state index in [1.165, 1.54) is 67.4 Å². The summed E-state index contributed by atoms with van der Waals surface area (Å²) < 4.78 is 63.5. The molecule has 0 saturated carbocycles. The number of benzene rings is 6. The SMILES string of the molecule is C/C=C(\C)C(=O)O.C/C=C(\C)C(=O)OC.C/C=C(\CBr)C(=O)OC.COC(=O)/C(C)=C/C=P(c1ccccc1)(c1ccccc1)c1ccccc1.COC(=O)/C(C)=C/CBr.COC(=O)/C(C)=C/C[P+](c1ccccc1)(c1ccccc1)c1ccccc1.O=S(=O)(O)O.[3H]PP.[B]=NS.[Br-].[Na+].[OH-]. The van der Waals surface area contributed by atoms with E-state index in [-0.39, 0.29) is 90.7 Å². The Morgan fingerprint density at radius 3 is 1.01 bits per heavy atom. The number of thiol groups is 1. The molecule has 0 bridgehead atoms. The van der Waals surface area contributed by atoms with Crippen LogP contribution in [0.3, 0.4) is 0 Å². The minimum absolute atomic E-state index is 0. The Kier molecular flexibility index (Phi) is 65.4. The fraction of sp³-hybridized carbons (Fsp3) is 0.225. The molecule has 6 aromatic rings. The van der Waals surface area contributed by atoms with E-state index < -0.39 is 30.5 Å². The Morgan fingerprint density at radius 2 is 0.800 bits per heavy atom. The molecule has 0 spiro atoms. The van der Waals surface area contributed by atoms with E-state index in [1.54, 1.807) is 72.8 Å². The van der Waals surface area contributed by atoms with Gasteiger partial charge in [-0.3, -0.25) is 9.11 Å². The van der Waals surface area contributed by atoms with Crippen molar-refractivity contribution in [2.45, 2.75) is 55.4 Å². The number of hydrogen-bond acceptors (Lipinski definition) is 16. The van der Waals surface area contributed by atoms with Crippen LogP contribution in [0, 0.1) is 0 Å². The Morgan fingerprint density at radius 1 is 0.540 bits per heavy atom. The molecule has 1 radical (unpaired) electrons. The van der Waals surface area contributed by atoms with Crippen molar-refractivity contribution in [2.24, 2.45) is 4.30 Å². The molecule has 0 aliphatic rings. The average Bonchev–Trinajstić information content (AvgIpc) is 0.768. The minimum atomic E-state index is -4.67. The van der Waals surface area contributed by atoms with Gasteiger partial charge in [0.1, 0.15) is 23.2 Å². The molecule has 2 atom stereocenters. The summed E-state index contributed by atoms with van der Waals surface area (Å²) >= 11 is 9.50. The van der Waals surface area contributed by atoms with Gasteiger partial charge in [0.05, 0.1) is 43.0 Å². The fourth-order valence-electron chi connectivity index (χ4n) is 7.62. The van der Waals surface area contributed by atoms with Gasteiger partial charge in [-0.1, -0.05) is 214 Å². The molecule has 100 heavy (non-hydrogen) atoms. The van der Waals surface area contributed by atoms with Gasteiger partial charge in [-0.05, 0) is 121 Å². The number of allylic oxidation sites excluding steroid dienone is 6. The van der Waals surface area contributed by atoms with E-state index in [0.717, 1.165) is 6.16 Å². The Balaban J connectivity index is -0.000000280. The number of carbonyl (C=O) groups is 6. The molecule has 0 aliphatic carbocycles. The van der Waals surface area contributed by atoms with Crippen molar-refractivity contribution in [3.8, 4) is 0 Å². The third kappa shape index (κ3) is 42.3. The zero-order chi connectivity index (χ0) is 75.1. The summed E-state index contributed by atoms with van der Waals surface area (Å²) in [6.45, 7) is 11.8. The molecule has 0 aromatic heterocycles. The zero-order valence-corrected chi connectivity index (χ0v) is 71.0. The largest absolute Gasteiger partial charge is 1.00 e. The van der Waals surface area contributed by atoms with Gasteiger partial charge in [-0.15, -0.1) is 17.8 Å². The van der Waals surface area contributed by atoms with E-state index in [4.69, 9.17) is 33.4 Å². The first kappa shape index (κ1) is 103. The standard InChI is InChI=1S/C24H24O2P.C24H23O2P.2C6H9BrO2.C6H10O2.C5H8O2.BHNS.BrH.Na.H2O4S.H2O.H4P2/c2*1-20(24(25)26-2)18-19-27(21-12-6-3-7-13-21,22-14-8-4-9-15-22)23-16-10-5-11-17-23;1-5(3-4-7)6(8)9-2;1-3-5(4-7)6(8)9-2;1-4-5(2)6(7)8-3;1-3-4(2)5(6)7;1-2-3;;;1-5(2,3)4;;1-2/h3-18H,19H2,1-2H3;3-19H,1-2H3;2*3H,4H2,1-2H3;4H,1-3H3;3H,1-2H3,(H,6,7);3H;1H;;(H2,1,2,3,4);1H2;1-2H2/q+1;;;;;;;;+1;;;/p-2/b2*20-18+;2*5-3+;5-4+;4-3+;;;;;;/i;;;;;;;;;;;1T. The Hall–Kier alpha value is -5.35. The first-order chi connectivity index (χ1) is 46.6. The molecule has 6 aromatic carbocycles. The number of carboxylic acids is 1. The Labute approximate surface area is 654 Å². The van der Waals surface area contributed by atoms with Crippen LogP contribution < -0.4 is 78.4 Å². The van der Waals surface area contributed by atoms with Gasteiger partial charge in [-0.25, -0.2) is 28.8 Å². The van der Waals surface area contributed by atoms with Crippen LogP contribution in [0.15, 0.2) is 256 Å².